The summed E-state index contributed by atoms with van der Waals surface area (Å²) in [5.74, 6) is 0.819. The molecule has 0 radical (unpaired) electrons. The van der Waals surface area contributed by atoms with Crippen molar-refractivity contribution in [2.24, 2.45) is 0 Å². The second-order valence-electron chi connectivity index (χ2n) is 9.83. The molecular weight excluding hydrogens is 436 g/mol. The fourth-order valence-electron chi connectivity index (χ4n) is 5.31. The maximum Gasteiger partial charge on any atom is 0.167 e. The second-order valence-corrected chi connectivity index (χ2v) is 9.83. The standard InChI is InChI=1S/C24H30N6O4/c1-13-16(14(2)34-29-13)9-10-17-19-20(33-24(3,4)32-19)23(31-17)30-12-27-18-21(25-11-26-22(18)30)28-15-7-5-6-8-15/h9-12,15,17,19-20,23H,5-8H2,1-4H3,(H,25,26,28)/t17-,19-,20+,23-/m1/s1. The lowest BCUT2D eigenvalue weighted by Gasteiger charge is -2.24. The van der Waals surface area contributed by atoms with Crippen LogP contribution in [0.5, 0.6) is 0 Å². The van der Waals surface area contributed by atoms with E-state index in [2.05, 4.69) is 25.4 Å². The summed E-state index contributed by atoms with van der Waals surface area (Å²) in [5, 5.41) is 7.58. The van der Waals surface area contributed by atoms with Gasteiger partial charge >= 0.3 is 0 Å². The minimum Gasteiger partial charge on any atom is -0.365 e. The molecule has 0 amide bonds. The summed E-state index contributed by atoms with van der Waals surface area (Å²) in [4.78, 5) is 13.7. The van der Waals surface area contributed by atoms with Crippen LogP contribution in [0.2, 0.25) is 0 Å². The average molecular weight is 467 g/mol. The number of fused-ring (bicyclic) bond motifs is 2. The molecular formula is C24H30N6O4. The zero-order chi connectivity index (χ0) is 23.4. The Labute approximate surface area is 197 Å². The Kier molecular flexibility index (Phi) is 5.20. The van der Waals surface area contributed by atoms with E-state index in [1.54, 1.807) is 12.7 Å². The van der Waals surface area contributed by atoms with E-state index in [0.717, 1.165) is 41.2 Å². The Morgan fingerprint density at radius 2 is 1.88 bits per heavy atom. The van der Waals surface area contributed by atoms with Gasteiger partial charge in [0.05, 0.1) is 12.0 Å². The van der Waals surface area contributed by atoms with Gasteiger partial charge < -0.3 is 24.1 Å². The number of nitrogens with one attached hydrogen (secondary N) is 1. The first-order valence-corrected chi connectivity index (χ1v) is 12.0. The van der Waals surface area contributed by atoms with Crippen molar-refractivity contribution in [2.45, 2.75) is 89.7 Å². The Bertz CT molecular complexity index is 1210. The summed E-state index contributed by atoms with van der Waals surface area (Å²) in [6.45, 7) is 7.67. The smallest absolute Gasteiger partial charge is 0.167 e. The lowest BCUT2D eigenvalue weighted by molar-refractivity contribution is -0.191. The lowest BCUT2D eigenvalue weighted by Crippen LogP contribution is -2.28. The van der Waals surface area contributed by atoms with Crippen LogP contribution in [0, 0.1) is 13.8 Å². The fourth-order valence-corrected chi connectivity index (χ4v) is 5.31. The van der Waals surface area contributed by atoms with Gasteiger partial charge in [-0.15, -0.1) is 0 Å². The summed E-state index contributed by atoms with van der Waals surface area (Å²) in [6, 6.07) is 0.432. The predicted octanol–water partition coefficient (Wildman–Crippen LogP) is 3.92. The fraction of sp³-hybridized carbons (Fsp3) is 0.583. The highest BCUT2D eigenvalue weighted by Crippen LogP contribution is 2.44. The van der Waals surface area contributed by atoms with Gasteiger partial charge in [0.25, 0.3) is 0 Å². The van der Waals surface area contributed by atoms with Crippen LogP contribution < -0.4 is 5.32 Å². The summed E-state index contributed by atoms with van der Waals surface area (Å²) < 4.78 is 26.2. The Morgan fingerprint density at radius 3 is 2.65 bits per heavy atom. The third-order valence-electron chi connectivity index (χ3n) is 6.94. The van der Waals surface area contributed by atoms with Crippen molar-refractivity contribution in [1.82, 2.24) is 24.7 Å². The van der Waals surface area contributed by atoms with Gasteiger partial charge in [0, 0.05) is 11.6 Å². The van der Waals surface area contributed by atoms with Gasteiger partial charge in [-0.1, -0.05) is 30.2 Å². The van der Waals surface area contributed by atoms with Gasteiger partial charge in [0.1, 0.15) is 30.4 Å². The number of imidazole rings is 1. The molecule has 1 N–H and O–H groups in total. The van der Waals surface area contributed by atoms with E-state index < -0.39 is 12.0 Å². The molecule has 3 aromatic heterocycles. The van der Waals surface area contributed by atoms with Gasteiger partial charge in [-0.25, -0.2) is 15.0 Å². The van der Waals surface area contributed by atoms with Crippen molar-refractivity contribution >= 4 is 23.1 Å². The number of aromatic nitrogens is 5. The SMILES string of the molecule is Cc1noc(C)c1C=C[C@H]1O[C@@H](n2cnc3c(NC4CCCC4)ncnc32)[C@H]2OC(C)(C)O[C@@H]21. The van der Waals surface area contributed by atoms with Crippen LogP contribution >= 0.6 is 0 Å². The molecule has 1 aliphatic carbocycles. The maximum atomic E-state index is 6.48. The number of hydrogen-bond donors (Lipinski definition) is 1. The minimum atomic E-state index is -0.715. The third kappa shape index (κ3) is 3.70. The number of rotatable bonds is 5. The molecule has 10 nitrogen and oxygen atoms in total. The van der Waals surface area contributed by atoms with E-state index in [-0.39, 0.29) is 18.3 Å². The molecule has 0 spiro atoms. The minimum absolute atomic E-state index is 0.271. The van der Waals surface area contributed by atoms with Crippen LogP contribution in [0.25, 0.3) is 17.2 Å². The first kappa shape index (κ1) is 21.7. The zero-order valence-corrected chi connectivity index (χ0v) is 19.9. The van der Waals surface area contributed by atoms with Crippen LogP contribution in [-0.2, 0) is 14.2 Å². The van der Waals surface area contributed by atoms with E-state index in [4.69, 9.17) is 18.7 Å². The van der Waals surface area contributed by atoms with Gasteiger partial charge in [-0.05, 0) is 40.5 Å². The van der Waals surface area contributed by atoms with Crippen LogP contribution in [-0.4, -0.2) is 54.8 Å². The molecule has 2 aliphatic heterocycles. The van der Waals surface area contributed by atoms with E-state index in [1.165, 1.54) is 12.8 Å². The molecule has 2 saturated heterocycles. The Hall–Kier alpha value is -2.82. The molecule has 180 valence electrons. The molecule has 1 saturated carbocycles. The lowest BCUT2D eigenvalue weighted by atomic mass is 10.1. The molecule has 4 atom stereocenters. The monoisotopic (exact) mass is 466 g/mol. The van der Waals surface area contributed by atoms with Gasteiger partial charge in [0.15, 0.2) is 29.0 Å². The van der Waals surface area contributed by atoms with Crippen molar-refractivity contribution in [2.75, 3.05) is 5.32 Å². The highest BCUT2D eigenvalue weighted by molar-refractivity contribution is 5.82. The molecule has 3 fully saturated rings. The second kappa shape index (κ2) is 8.14. The quantitative estimate of drug-likeness (QED) is 0.598. The predicted molar refractivity (Wildman–Crippen MR) is 124 cm³/mol. The topological polar surface area (TPSA) is 109 Å². The summed E-state index contributed by atoms with van der Waals surface area (Å²) in [5.41, 5.74) is 3.24. The molecule has 6 rings (SSSR count). The van der Waals surface area contributed by atoms with Crippen molar-refractivity contribution in [1.29, 1.82) is 0 Å². The van der Waals surface area contributed by atoms with Crippen LogP contribution in [0.3, 0.4) is 0 Å². The molecule has 10 heteroatoms. The van der Waals surface area contributed by atoms with Crippen LogP contribution in [0.15, 0.2) is 23.3 Å². The van der Waals surface area contributed by atoms with E-state index in [0.29, 0.717) is 11.7 Å². The molecule has 0 unspecified atom stereocenters. The normalized spacial score (nSPS) is 28.9. The number of aryl methyl sites for hydroxylation is 2. The Morgan fingerprint density at radius 1 is 1.09 bits per heavy atom. The van der Waals surface area contributed by atoms with E-state index in [9.17, 15) is 0 Å². The molecule has 0 aromatic carbocycles. The highest BCUT2D eigenvalue weighted by atomic mass is 16.8. The first-order valence-electron chi connectivity index (χ1n) is 12.0. The summed E-state index contributed by atoms with van der Waals surface area (Å²) in [7, 11) is 0. The number of ether oxygens (including phenoxy) is 3. The van der Waals surface area contributed by atoms with Crippen molar-refractivity contribution in [3.8, 4) is 0 Å². The molecule has 3 aliphatic rings. The summed E-state index contributed by atoms with van der Waals surface area (Å²) in [6.07, 6.45) is 10.8. The number of anilines is 1. The molecule has 0 bridgehead atoms. The summed E-state index contributed by atoms with van der Waals surface area (Å²) >= 11 is 0. The van der Waals surface area contributed by atoms with Gasteiger partial charge in [-0.3, -0.25) is 4.57 Å². The van der Waals surface area contributed by atoms with Crippen molar-refractivity contribution < 1.29 is 18.7 Å². The van der Waals surface area contributed by atoms with E-state index in [1.807, 2.05) is 44.4 Å². The van der Waals surface area contributed by atoms with Crippen molar-refractivity contribution in [3.63, 3.8) is 0 Å². The highest BCUT2D eigenvalue weighted by Gasteiger charge is 2.55. The average Bonchev–Trinajstić information content (AvgIpc) is 3.60. The Balaban J connectivity index is 1.32. The maximum absolute atomic E-state index is 6.48. The van der Waals surface area contributed by atoms with Crippen LogP contribution in [0.4, 0.5) is 5.82 Å². The largest absolute Gasteiger partial charge is 0.365 e. The van der Waals surface area contributed by atoms with Crippen LogP contribution in [0.1, 0.15) is 62.8 Å². The first-order chi connectivity index (χ1) is 16.4. The van der Waals surface area contributed by atoms with Gasteiger partial charge in [0.2, 0.25) is 0 Å². The third-order valence-corrected chi connectivity index (χ3v) is 6.94. The molecule has 5 heterocycles. The van der Waals surface area contributed by atoms with E-state index >= 15 is 0 Å². The number of hydrogen-bond acceptors (Lipinski definition) is 9. The van der Waals surface area contributed by atoms with Gasteiger partial charge in [-0.2, -0.15) is 0 Å². The molecule has 3 aromatic rings. The van der Waals surface area contributed by atoms with Crippen molar-refractivity contribution in [3.05, 3.63) is 35.7 Å². The number of nitrogens with zero attached hydrogens (tertiary/aromatic N) is 5. The zero-order valence-electron chi connectivity index (χ0n) is 19.9. The molecule has 34 heavy (non-hydrogen) atoms.